The number of hydrogen-bond acceptors (Lipinski definition) is 2. The van der Waals surface area contributed by atoms with Gasteiger partial charge in [-0.3, -0.25) is 4.79 Å². The molecule has 1 amide bonds. The highest BCUT2D eigenvalue weighted by Gasteiger charge is 2.38. The molecule has 1 unspecified atom stereocenters. The van der Waals surface area contributed by atoms with Gasteiger partial charge in [0.05, 0.1) is 12.0 Å². The fraction of sp³-hybridized carbons (Fsp3) is 0.909. The van der Waals surface area contributed by atoms with E-state index in [1.54, 1.807) is 0 Å². The lowest BCUT2D eigenvalue weighted by Gasteiger charge is -2.36. The van der Waals surface area contributed by atoms with Gasteiger partial charge >= 0.3 is 0 Å². The summed E-state index contributed by atoms with van der Waals surface area (Å²) in [4.78, 5) is 11.9. The number of alkyl halides is 2. The van der Waals surface area contributed by atoms with E-state index in [9.17, 15) is 13.6 Å². The average Bonchev–Trinajstić information content (AvgIpc) is 2.27. The molecule has 5 heteroatoms. The zero-order valence-corrected chi connectivity index (χ0v) is 9.69. The van der Waals surface area contributed by atoms with Crippen LogP contribution in [0.1, 0.15) is 32.6 Å². The summed E-state index contributed by atoms with van der Waals surface area (Å²) >= 11 is 0. The Balaban J connectivity index is 2.57. The van der Waals surface area contributed by atoms with Gasteiger partial charge in [-0.25, -0.2) is 8.78 Å². The molecule has 1 fully saturated rings. The Morgan fingerprint density at radius 3 is 2.81 bits per heavy atom. The molecule has 0 radical (unpaired) electrons. The fourth-order valence-corrected chi connectivity index (χ4v) is 2.32. The highest BCUT2D eigenvalue weighted by molar-refractivity contribution is 5.83. The summed E-state index contributed by atoms with van der Waals surface area (Å²) in [6, 6.07) is 0. The normalized spacial score (nSPS) is 25.8. The molecule has 0 aromatic heterocycles. The molecule has 16 heavy (non-hydrogen) atoms. The quantitative estimate of drug-likeness (QED) is 0.757. The van der Waals surface area contributed by atoms with Gasteiger partial charge in [0, 0.05) is 6.54 Å². The van der Waals surface area contributed by atoms with Crippen molar-refractivity contribution >= 4 is 5.91 Å². The molecule has 1 rings (SSSR count). The van der Waals surface area contributed by atoms with E-state index in [4.69, 9.17) is 0 Å². The second-order valence-corrected chi connectivity index (χ2v) is 4.41. The second kappa shape index (κ2) is 6.13. The molecule has 94 valence electrons. The van der Waals surface area contributed by atoms with Crippen LogP contribution in [0, 0.1) is 5.41 Å². The summed E-state index contributed by atoms with van der Waals surface area (Å²) in [7, 11) is 0. The van der Waals surface area contributed by atoms with E-state index in [1.807, 2.05) is 6.92 Å². The molecule has 2 N–H and O–H groups in total. The maximum Gasteiger partial charge on any atom is 0.255 e. The first-order valence-electron chi connectivity index (χ1n) is 5.88. The highest BCUT2D eigenvalue weighted by Crippen LogP contribution is 2.31. The zero-order valence-electron chi connectivity index (χ0n) is 9.69. The fourth-order valence-electron chi connectivity index (χ4n) is 2.32. The smallest absolute Gasteiger partial charge is 0.255 e. The van der Waals surface area contributed by atoms with E-state index in [0.717, 1.165) is 32.2 Å². The molecular formula is C11H20F2N2O. The van der Waals surface area contributed by atoms with Crippen LogP contribution in [0.2, 0.25) is 0 Å². The van der Waals surface area contributed by atoms with Crippen molar-refractivity contribution in [1.29, 1.82) is 0 Å². The summed E-state index contributed by atoms with van der Waals surface area (Å²) in [5.41, 5.74) is -0.470. The molecular weight excluding hydrogens is 214 g/mol. The molecule has 1 atom stereocenters. The Labute approximate surface area is 95.0 Å². The molecule has 1 saturated heterocycles. The Bertz CT molecular complexity index is 223. The number of carbonyl (C=O) groups excluding carboxylic acids is 1. The SMILES string of the molecule is CCCC1(C(=O)NCC(F)F)CCCNC1. The molecule has 0 aromatic carbocycles. The van der Waals surface area contributed by atoms with E-state index in [0.29, 0.717) is 6.54 Å². The van der Waals surface area contributed by atoms with Gasteiger partial charge in [0.25, 0.3) is 6.43 Å². The standard InChI is InChI=1S/C11H20F2N2O/c1-2-4-11(5-3-6-14-8-11)10(16)15-7-9(12)13/h9,14H,2-8H2,1H3,(H,15,16). The van der Waals surface area contributed by atoms with Crippen molar-refractivity contribution in [2.45, 2.75) is 39.0 Å². The number of carbonyl (C=O) groups is 1. The van der Waals surface area contributed by atoms with Crippen LogP contribution < -0.4 is 10.6 Å². The third kappa shape index (κ3) is 3.40. The van der Waals surface area contributed by atoms with Crippen LogP contribution >= 0.6 is 0 Å². The lowest BCUT2D eigenvalue weighted by molar-refractivity contribution is -0.133. The molecule has 0 aromatic rings. The minimum absolute atomic E-state index is 0.221. The van der Waals surface area contributed by atoms with E-state index >= 15 is 0 Å². The first kappa shape index (κ1) is 13.4. The minimum atomic E-state index is -2.47. The van der Waals surface area contributed by atoms with Gasteiger partial charge in [0.15, 0.2) is 0 Å². The molecule has 0 bridgehead atoms. The maximum atomic E-state index is 12.0. The van der Waals surface area contributed by atoms with Crippen molar-refractivity contribution in [3.63, 3.8) is 0 Å². The van der Waals surface area contributed by atoms with Crippen molar-refractivity contribution in [1.82, 2.24) is 10.6 Å². The van der Waals surface area contributed by atoms with E-state index in [2.05, 4.69) is 10.6 Å². The Kier molecular flexibility index (Phi) is 5.12. The van der Waals surface area contributed by atoms with Crippen LogP contribution in [0.5, 0.6) is 0 Å². The van der Waals surface area contributed by atoms with Gasteiger partial charge in [-0.2, -0.15) is 0 Å². The molecule has 1 aliphatic rings. The number of rotatable bonds is 5. The Morgan fingerprint density at radius 2 is 2.31 bits per heavy atom. The van der Waals surface area contributed by atoms with Gasteiger partial charge in [-0.1, -0.05) is 13.3 Å². The summed E-state index contributed by atoms with van der Waals surface area (Å²) in [6.45, 7) is 2.99. The number of amides is 1. The summed E-state index contributed by atoms with van der Waals surface area (Å²) in [5, 5.41) is 5.53. The minimum Gasteiger partial charge on any atom is -0.350 e. The molecule has 1 heterocycles. The van der Waals surface area contributed by atoms with Crippen molar-refractivity contribution < 1.29 is 13.6 Å². The van der Waals surface area contributed by atoms with Crippen LogP contribution in [0.4, 0.5) is 8.78 Å². The van der Waals surface area contributed by atoms with Crippen molar-refractivity contribution in [3.05, 3.63) is 0 Å². The van der Waals surface area contributed by atoms with Crippen LogP contribution in [0.3, 0.4) is 0 Å². The molecule has 3 nitrogen and oxygen atoms in total. The number of nitrogens with one attached hydrogen (secondary N) is 2. The Morgan fingerprint density at radius 1 is 1.56 bits per heavy atom. The lowest BCUT2D eigenvalue weighted by Crippen LogP contribution is -2.51. The number of hydrogen-bond donors (Lipinski definition) is 2. The summed E-state index contributed by atoms with van der Waals surface area (Å²) in [6.07, 6.45) is 0.906. The van der Waals surface area contributed by atoms with Gasteiger partial charge in [-0.05, 0) is 25.8 Å². The van der Waals surface area contributed by atoms with Crippen molar-refractivity contribution in [3.8, 4) is 0 Å². The van der Waals surface area contributed by atoms with E-state index in [-0.39, 0.29) is 5.91 Å². The van der Waals surface area contributed by atoms with Gasteiger partial charge in [0.2, 0.25) is 5.91 Å². The summed E-state index contributed by atoms with van der Waals surface area (Å²) < 4.78 is 24.1. The van der Waals surface area contributed by atoms with Gasteiger partial charge in [-0.15, -0.1) is 0 Å². The number of piperidine rings is 1. The third-order valence-electron chi connectivity index (χ3n) is 3.10. The van der Waals surface area contributed by atoms with E-state index < -0.39 is 18.4 Å². The largest absolute Gasteiger partial charge is 0.350 e. The highest BCUT2D eigenvalue weighted by atomic mass is 19.3. The summed E-state index contributed by atoms with van der Waals surface area (Å²) in [5.74, 6) is -0.221. The van der Waals surface area contributed by atoms with Crippen molar-refractivity contribution in [2.75, 3.05) is 19.6 Å². The molecule has 0 spiro atoms. The predicted octanol–water partition coefficient (Wildman–Crippen LogP) is 1.54. The zero-order chi connectivity index (χ0) is 12.0. The predicted molar refractivity (Wildman–Crippen MR) is 58.5 cm³/mol. The van der Waals surface area contributed by atoms with Crippen LogP contribution in [-0.2, 0) is 4.79 Å². The Hall–Kier alpha value is -0.710. The molecule has 0 aliphatic carbocycles. The maximum absolute atomic E-state index is 12.0. The average molecular weight is 234 g/mol. The first-order chi connectivity index (χ1) is 7.60. The van der Waals surface area contributed by atoms with Crippen LogP contribution in [0.25, 0.3) is 0 Å². The lowest BCUT2D eigenvalue weighted by atomic mass is 9.76. The molecule has 1 aliphatic heterocycles. The van der Waals surface area contributed by atoms with Crippen molar-refractivity contribution in [2.24, 2.45) is 5.41 Å². The van der Waals surface area contributed by atoms with Gasteiger partial charge in [0.1, 0.15) is 0 Å². The third-order valence-corrected chi connectivity index (χ3v) is 3.10. The van der Waals surface area contributed by atoms with Crippen LogP contribution in [0.15, 0.2) is 0 Å². The van der Waals surface area contributed by atoms with E-state index in [1.165, 1.54) is 0 Å². The van der Waals surface area contributed by atoms with Gasteiger partial charge < -0.3 is 10.6 Å². The first-order valence-corrected chi connectivity index (χ1v) is 5.88. The van der Waals surface area contributed by atoms with Crippen LogP contribution in [-0.4, -0.2) is 32.0 Å². The monoisotopic (exact) mass is 234 g/mol. The second-order valence-electron chi connectivity index (χ2n) is 4.41. The topological polar surface area (TPSA) is 41.1 Å². The molecule has 0 saturated carbocycles. The number of halogens is 2.